The summed E-state index contributed by atoms with van der Waals surface area (Å²) in [5.41, 5.74) is 0. The standard InChI is InChI=1S/C54H103N2O6P/c1-6-8-10-12-14-16-18-20-22-24-26-27-28-30-31-33-35-37-39-41-43-45-47-53(57)52(51-62-63(59,60)61-50-49-56(3,4)5)55-54(58)48-46-44-42-40-38-36-34-32-29-25-23-21-19-17-15-13-11-9-7-2/h15,17,21,23,37,39,45,47,52-53,57H,6-14,16,18-20,22,24-36,38,40-44,46,48-51H2,1-5H3,(H-,55,58,59,60)/b17-15-,23-21-,39-37+,47-45+. The fourth-order valence-corrected chi connectivity index (χ4v) is 8.28. The monoisotopic (exact) mass is 907 g/mol. The number of rotatable bonds is 48. The number of quaternary nitrogens is 1. The second kappa shape index (κ2) is 45.6. The second-order valence-corrected chi connectivity index (χ2v) is 20.6. The molecule has 0 saturated heterocycles. The van der Waals surface area contributed by atoms with E-state index in [4.69, 9.17) is 9.05 Å². The Kier molecular flexibility index (Phi) is 44.5. The topological polar surface area (TPSA) is 108 Å². The first-order valence-electron chi connectivity index (χ1n) is 26.5. The van der Waals surface area contributed by atoms with E-state index in [2.05, 4.69) is 55.6 Å². The highest BCUT2D eigenvalue weighted by molar-refractivity contribution is 7.45. The number of nitrogens with zero attached hydrogens (tertiary/aromatic N) is 1. The fourth-order valence-electron chi connectivity index (χ4n) is 7.55. The average molecular weight is 907 g/mol. The summed E-state index contributed by atoms with van der Waals surface area (Å²) in [4.78, 5) is 25.4. The van der Waals surface area contributed by atoms with Crippen LogP contribution < -0.4 is 10.2 Å². The quantitative estimate of drug-likeness (QED) is 0.0272. The molecule has 0 heterocycles. The Morgan fingerprint density at radius 1 is 0.556 bits per heavy atom. The normalized spacial score (nSPS) is 14.5. The van der Waals surface area contributed by atoms with E-state index < -0.39 is 26.6 Å². The van der Waals surface area contributed by atoms with Crippen LogP contribution in [0.3, 0.4) is 0 Å². The number of aliphatic hydroxyl groups is 1. The summed E-state index contributed by atoms with van der Waals surface area (Å²) >= 11 is 0. The molecule has 0 aromatic heterocycles. The minimum atomic E-state index is -4.60. The molecule has 0 radical (unpaired) electrons. The number of hydrogen-bond acceptors (Lipinski definition) is 6. The minimum absolute atomic E-state index is 0.00801. The van der Waals surface area contributed by atoms with Gasteiger partial charge in [0, 0.05) is 6.42 Å². The van der Waals surface area contributed by atoms with Crippen molar-refractivity contribution in [2.75, 3.05) is 40.9 Å². The van der Waals surface area contributed by atoms with E-state index in [0.717, 1.165) is 44.9 Å². The van der Waals surface area contributed by atoms with E-state index in [1.165, 1.54) is 173 Å². The summed E-state index contributed by atoms with van der Waals surface area (Å²) in [6.07, 6.45) is 58.9. The Hall–Kier alpha value is -1.54. The number of allylic oxidation sites excluding steroid dienone is 7. The van der Waals surface area contributed by atoms with Gasteiger partial charge in [-0.05, 0) is 64.2 Å². The van der Waals surface area contributed by atoms with Gasteiger partial charge in [-0.25, -0.2) is 0 Å². The molecule has 2 N–H and O–H groups in total. The zero-order valence-corrected chi connectivity index (χ0v) is 42.9. The van der Waals surface area contributed by atoms with Gasteiger partial charge in [0.05, 0.1) is 39.9 Å². The molecular weight excluding hydrogens is 804 g/mol. The van der Waals surface area contributed by atoms with Crippen LogP contribution in [0, 0.1) is 0 Å². The van der Waals surface area contributed by atoms with E-state index in [1.807, 2.05) is 27.2 Å². The van der Waals surface area contributed by atoms with E-state index in [0.29, 0.717) is 17.4 Å². The molecule has 0 aliphatic heterocycles. The van der Waals surface area contributed by atoms with Crippen molar-refractivity contribution in [1.82, 2.24) is 5.32 Å². The third kappa shape index (κ3) is 48.2. The van der Waals surface area contributed by atoms with Gasteiger partial charge in [0.25, 0.3) is 7.82 Å². The Balaban J connectivity index is 4.34. The SMILES string of the molecule is CCCCC/C=C\C/C=C\CCCCCCCCCCCC(=O)NC(COP(=O)([O-])OCC[N+](C)(C)C)C(O)/C=C/CC/C=C/CCCCCCCCCCCCCCCCCC. The highest BCUT2D eigenvalue weighted by Gasteiger charge is 2.23. The third-order valence-electron chi connectivity index (χ3n) is 11.8. The Bertz CT molecular complexity index is 1170. The lowest BCUT2D eigenvalue weighted by Gasteiger charge is -2.29. The van der Waals surface area contributed by atoms with Crippen LogP contribution in [0.25, 0.3) is 0 Å². The second-order valence-electron chi connectivity index (χ2n) is 19.2. The van der Waals surface area contributed by atoms with E-state index in [9.17, 15) is 19.4 Å². The van der Waals surface area contributed by atoms with Gasteiger partial charge in [0.15, 0.2) is 0 Å². The molecule has 63 heavy (non-hydrogen) atoms. The van der Waals surface area contributed by atoms with Crippen LogP contribution in [0.4, 0.5) is 0 Å². The maximum atomic E-state index is 12.9. The van der Waals surface area contributed by atoms with Crippen molar-refractivity contribution in [3.05, 3.63) is 48.6 Å². The van der Waals surface area contributed by atoms with Crippen molar-refractivity contribution < 1.29 is 32.9 Å². The van der Waals surface area contributed by atoms with E-state index in [-0.39, 0.29) is 12.5 Å². The first kappa shape index (κ1) is 61.5. The predicted molar refractivity (Wildman–Crippen MR) is 270 cm³/mol. The number of amides is 1. The molecule has 0 aromatic carbocycles. The van der Waals surface area contributed by atoms with Crippen LogP contribution in [0.2, 0.25) is 0 Å². The molecule has 0 bridgehead atoms. The van der Waals surface area contributed by atoms with Crippen molar-refractivity contribution in [1.29, 1.82) is 0 Å². The molecule has 0 aromatic rings. The van der Waals surface area contributed by atoms with Gasteiger partial charge in [0.1, 0.15) is 13.2 Å². The molecular formula is C54H103N2O6P. The molecule has 3 unspecified atom stereocenters. The summed E-state index contributed by atoms with van der Waals surface area (Å²) < 4.78 is 23.3. The third-order valence-corrected chi connectivity index (χ3v) is 12.7. The molecule has 370 valence electrons. The van der Waals surface area contributed by atoms with Gasteiger partial charge in [-0.15, -0.1) is 0 Å². The highest BCUT2D eigenvalue weighted by Crippen LogP contribution is 2.38. The lowest BCUT2D eigenvalue weighted by Crippen LogP contribution is -2.45. The summed E-state index contributed by atoms with van der Waals surface area (Å²) in [5, 5.41) is 13.8. The number of likely N-dealkylation sites (N-methyl/N-ethyl adjacent to an activating group) is 1. The first-order valence-corrected chi connectivity index (χ1v) is 28.0. The summed E-state index contributed by atoms with van der Waals surface area (Å²) in [7, 11) is 1.24. The van der Waals surface area contributed by atoms with Gasteiger partial charge in [-0.1, -0.05) is 217 Å². The van der Waals surface area contributed by atoms with Crippen LogP contribution in [0.1, 0.15) is 239 Å². The molecule has 8 nitrogen and oxygen atoms in total. The van der Waals surface area contributed by atoms with Crippen LogP contribution >= 0.6 is 7.82 Å². The molecule has 3 atom stereocenters. The number of carbonyl (C=O) groups is 1. The van der Waals surface area contributed by atoms with Crippen molar-refractivity contribution in [2.45, 2.75) is 251 Å². The maximum Gasteiger partial charge on any atom is 0.268 e. The van der Waals surface area contributed by atoms with E-state index >= 15 is 0 Å². The van der Waals surface area contributed by atoms with Crippen LogP contribution in [0.5, 0.6) is 0 Å². The van der Waals surface area contributed by atoms with Gasteiger partial charge in [-0.3, -0.25) is 9.36 Å². The molecule has 0 fully saturated rings. The lowest BCUT2D eigenvalue weighted by atomic mass is 10.0. The molecule has 9 heteroatoms. The van der Waals surface area contributed by atoms with Crippen molar-refractivity contribution in [2.24, 2.45) is 0 Å². The van der Waals surface area contributed by atoms with Gasteiger partial charge in [0.2, 0.25) is 5.91 Å². The van der Waals surface area contributed by atoms with Crippen molar-refractivity contribution in [3.63, 3.8) is 0 Å². The number of nitrogens with one attached hydrogen (secondary N) is 1. The maximum absolute atomic E-state index is 12.9. The van der Waals surface area contributed by atoms with Gasteiger partial charge in [-0.2, -0.15) is 0 Å². The first-order chi connectivity index (χ1) is 30.5. The molecule has 0 aliphatic rings. The number of phosphoric acid groups is 1. The zero-order valence-electron chi connectivity index (χ0n) is 42.0. The van der Waals surface area contributed by atoms with Gasteiger partial charge >= 0.3 is 0 Å². The number of aliphatic hydroxyl groups excluding tert-OH is 1. The van der Waals surface area contributed by atoms with Crippen molar-refractivity contribution >= 4 is 13.7 Å². The van der Waals surface area contributed by atoms with Crippen LogP contribution in [0.15, 0.2) is 48.6 Å². The number of carbonyl (C=O) groups excluding carboxylic acids is 1. The van der Waals surface area contributed by atoms with E-state index in [1.54, 1.807) is 6.08 Å². The number of hydrogen-bond donors (Lipinski definition) is 2. The summed E-state index contributed by atoms with van der Waals surface area (Å²) in [5.74, 6) is -0.211. The highest BCUT2D eigenvalue weighted by atomic mass is 31.2. The Morgan fingerprint density at radius 3 is 1.41 bits per heavy atom. The predicted octanol–water partition coefficient (Wildman–Crippen LogP) is 15.0. The molecule has 0 aliphatic carbocycles. The van der Waals surface area contributed by atoms with Crippen LogP contribution in [-0.4, -0.2) is 68.5 Å². The number of phosphoric ester groups is 1. The lowest BCUT2D eigenvalue weighted by molar-refractivity contribution is -0.870. The number of unbranched alkanes of at least 4 members (excludes halogenated alkanes) is 29. The van der Waals surface area contributed by atoms with Gasteiger partial charge < -0.3 is 28.8 Å². The molecule has 1 amide bonds. The molecule has 0 spiro atoms. The minimum Gasteiger partial charge on any atom is -0.756 e. The largest absolute Gasteiger partial charge is 0.756 e. The summed E-state index contributed by atoms with van der Waals surface area (Å²) in [6.45, 7) is 4.62. The smallest absolute Gasteiger partial charge is 0.268 e. The van der Waals surface area contributed by atoms with Crippen LogP contribution in [-0.2, 0) is 18.4 Å². The Labute approximate surface area is 390 Å². The average Bonchev–Trinajstić information content (AvgIpc) is 3.24. The summed E-state index contributed by atoms with van der Waals surface area (Å²) in [6, 6.07) is -0.906. The fraction of sp³-hybridized carbons (Fsp3) is 0.833. The van der Waals surface area contributed by atoms with Crippen molar-refractivity contribution in [3.8, 4) is 0 Å². The molecule has 0 saturated carbocycles. The molecule has 0 rings (SSSR count). The zero-order chi connectivity index (χ0) is 46.4. The Morgan fingerprint density at radius 2 is 0.937 bits per heavy atom.